The Labute approximate surface area is 68.6 Å². The molecule has 7 heavy (non-hydrogen) atoms. The molecule has 0 saturated carbocycles. The maximum atomic E-state index is 1.69. The fourth-order valence-corrected chi connectivity index (χ4v) is 5.12. The second kappa shape index (κ2) is 7.45. The third-order valence-corrected chi connectivity index (χ3v) is 6.04. The van der Waals surface area contributed by atoms with Crippen LogP contribution in [0.25, 0.3) is 0 Å². The summed E-state index contributed by atoms with van der Waals surface area (Å²) in [5, 5.41) is 0. The molecule has 1 rings (SSSR count). The maximum Gasteiger partial charge on any atom is -1.00 e. The molecule has 0 bridgehead atoms. The van der Waals surface area contributed by atoms with E-state index in [1.54, 1.807) is 21.2 Å². The Kier molecular flexibility index (Phi) is 12.0. The van der Waals surface area contributed by atoms with Crippen molar-refractivity contribution in [2.24, 2.45) is 0 Å². The molecule has 1 aliphatic heterocycles. The largest absolute Gasteiger partial charge is 1.00 e. The van der Waals surface area contributed by atoms with Crippen molar-refractivity contribution in [3.63, 3.8) is 0 Å². The summed E-state index contributed by atoms with van der Waals surface area (Å²) in [7, 11) is 0. The average Bonchev–Trinajstić information content (AvgIpc) is 1.76. The van der Waals surface area contributed by atoms with E-state index in [-0.39, 0.29) is 47.7 Å². The molecule has 0 spiro atoms. The molecule has 0 radical (unpaired) electrons. The van der Waals surface area contributed by atoms with Gasteiger partial charge in [0.25, 0.3) is 0 Å². The summed E-state index contributed by atoms with van der Waals surface area (Å²) in [5.74, 6) is 0. The van der Waals surface area contributed by atoms with Gasteiger partial charge in [-0.05, 0) is 0 Å². The van der Waals surface area contributed by atoms with Gasteiger partial charge < -0.3 is 24.8 Å². The van der Waals surface area contributed by atoms with Crippen LogP contribution in [0.5, 0.6) is 0 Å². The molecule has 0 unspecified atom stereocenters. The molecule has 0 N–H and O–H groups in total. The van der Waals surface area contributed by atoms with Crippen LogP contribution in [0, 0.1) is 0 Å². The Hall–Kier alpha value is 1.45. The minimum atomic E-state index is 0. The molecule has 1 heterocycles. The summed E-state index contributed by atoms with van der Waals surface area (Å²) in [6.07, 6.45) is 3.17. The van der Waals surface area contributed by atoms with Crippen LogP contribution in [0.3, 0.4) is 0 Å². The van der Waals surface area contributed by atoms with Crippen LogP contribution in [0.4, 0.5) is 0 Å². The summed E-state index contributed by atoms with van der Waals surface area (Å²) in [4.78, 5) is 0. The molecule has 0 atom stereocenters. The Bertz CT molecular complexity index is 21.3. The van der Waals surface area contributed by atoms with Gasteiger partial charge in [-0.25, -0.2) is 0 Å². The second-order valence-corrected chi connectivity index (χ2v) is 6.85. The minimum Gasteiger partial charge on any atom is -1.00 e. The van der Waals surface area contributed by atoms with Crippen molar-refractivity contribution in [2.45, 2.75) is 21.2 Å². The molecular formula is C4H8Cl2Hf. The van der Waals surface area contributed by atoms with Gasteiger partial charge in [-0.1, -0.05) is 0 Å². The van der Waals surface area contributed by atoms with Crippen molar-refractivity contribution in [1.82, 2.24) is 0 Å². The number of hydrogen-bond acceptors (Lipinski definition) is 0. The van der Waals surface area contributed by atoms with Crippen LogP contribution in [0.2, 0.25) is 8.35 Å². The molecular weight excluding hydrogens is 297 g/mol. The molecule has 0 aliphatic carbocycles. The molecule has 1 saturated heterocycles. The van der Waals surface area contributed by atoms with E-state index in [4.69, 9.17) is 0 Å². The van der Waals surface area contributed by atoms with Crippen LogP contribution in [-0.4, -0.2) is 0 Å². The molecule has 1 aliphatic rings. The van der Waals surface area contributed by atoms with Gasteiger partial charge >= 0.3 is 44.1 Å². The van der Waals surface area contributed by atoms with Gasteiger partial charge in [0, 0.05) is 0 Å². The SMILES string of the molecule is C1C[CH2][Hf+2][CH2]1.[Cl-].[Cl-]. The zero-order chi connectivity index (χ0) is 3.54. The summed E-state index contributed by atoms with van der Waals surface area (Å²) < 4.78 is 3.39. The maximum absolute atomic E-state index is 1.69. The monoisotopic (exact) mass is 306 g/mol. The molecule has 0 amide bonds. The molecule has 0 aromatic rings. The number of rotatable bonds is 0. The van der Waals surface area contributed by atoms with Gasteiger partial charge in [0.2, 0.25) is 0 Å². The van der Waals surface area contributed by atoms with E-state index in [1.807, 2.05) is 0 Å². The average molecular weight is 306 g/mol. The van der Waals surface area contributed by atoms with Gasteiger partial charge in [0.1, 0.15) is 0 Å². The summed E-state index contributed by atoms with van der Waals surface area (Å²) in [5.41, 5.74) is 0. The minimum absolute atomic E-state index is 0. The molecule has 0 aromatic heterocycles. The van der Waals surface area contributed by atoms with Crippen LogP contribution in [0.1, 0.15) is 12.8 Å². The van der Waals surface area contributed by atoms with E-state index in [2.05, 4.69) is 0 Å². The third kappa shape index (κ3) is 5.32. The predicted octanol–water partition coefficient (Wildman–Crippen LogP) is -4.29. The Balaban J connectivity index is 0. The van der Waals surface area contributed by atoms with E-state index in [0.717, 1.165) is 0 Å². The van der Waals surface area contributed by atoms with E-state index < -0.39 is 0 Å². The van der Waals surface area contributed by atoms with Gasteiger partial charge in [0.05, 0.1) is 0 Å². The van der Waals surface area contributed by atoms with Crippen LogP contribution >= 0.6 is 0 Å². The van der Waals surface area contributed by atoms with E-state index >= 15 is 0 Å². The van der Waals surface area contributed by atoms with Gasteiger partial charge in [0.15, 0.2) is 0 Å². The molecule has 42 valence electrons. The molecule has 1 fully saturated rings. The first-order chi connectivity index (χ1) is 2.50. The van der Waals surface area contributed by atoms with E-state index in [0.29, 0.717) is 0 Å². The van der Waals surface area contributed by atoms with Crippen molar-refractivity contribution in [3.05, 3.63) is 0 Å². The van der Waals surface area contributed by atoms with E-state index in [1.165, 1.54) is 0 Å². The standard InChI is InChI=1S/C4H8.2ClH.Hf/c1-3-4-2;;;/h1-4H2;2*1H;/q;;;+2/p-2. The Morgan fingerprint density at radius 3 is 1.43 bits per heavy atom. The summed E-state index contributed by atoms with van der Waals surface area (Å²) in [6, 6.07) is 0. The van der Waals surface area contributed by atoms with E-state index in [9.17, 15) is 0 Å². The Morgan fingerprint density at radius 2 is 1.29 bits per heavy atom. The fraction of sp³-hybridized carbons (Fsp3) is 1.00. The normalized spacial score (nSPS) is 14.9. The van der Waals surface area contributed by atoms with Crippen LogP contribution in [0.15, 0.2) is 0 Å². The molecule has 0 nitrogen and oxygen atoms in total. The van der Waals surface area contributed by atoms with Crippen molar-refractivity contribution in [2.75, 3.05) is 0 Å². The summed E-state index contributed by atoms with van der Waals surface area (Å²) in [6.45, 7) is 0. The van der Waals surface area contributed by atoms with Crippen molar-refractivity contribution < 1.29 is 47.7 Å². The van der Waals surface area contributed by atoms with Gasteiger partial charge in [-0.15, -0.1) is 0 Å². The topological polar surface area (TPSA) is 0 Å². The smallest absolute Gasteiger partial charge is 1.00 e. The third-order valence-electron chi connectivity index (χ3n) is 0.957. The van der Waals surface area contributed by atoms with Crippen LogP contribution in [-0.2, 0) is 22.9 Å². The first-order valence-corrected chi connectivity index (χ1v) is 7.29. The zero-order valence-electron chi connectivity index (χ0n) is 4.08. The number of hydrogen-bond donors (Lipinski definition) is 0. The van der Waals surface area contributed by atoms with Crippen LogP contribution < -0.4 is 24.8 Å². The second-order valence-electron chi connectivity index (χ2n) is 1.46. The number of halogens is 2. The van der Waals surface area contributed by atoms with Crippen molar-refractivity contribution in [3.8, 4) is 0 Å². The molecule has 0 aromatic carbocycles. The Morgan fingerprint density at radius 1 is 0.857 bits per heavy atom. The van der Waals surface area contributed by atoms with Gasteiger partial charge in [-0.2, -0.15) is 0 Å². The predicted molar refractivity (Wildman–Crippen MR) is 18.8 cm³/mol. The first-order valence-electron chi connectivity index (χ1n) is 2.21. The first kappa shape index (κ1) is 11.3. The quantitative estimate of drug-likeness (QED) is 0.398. The molecule has 3 heteroatoms. The summed E-state index contributed by atoms with van der Waals surface area (Å²) >= 11 is 0.160. The van der Waals surface area contributed by atoms with Gasteiger partial charge in [-0.3, -0.25) is 0 Å². The zero-order valence-corrected chi connectivity index (χ0v) is 9.19. The van der Waals surface area contributed by atoms with Crippen molar-refractivity contribution in [1.29, 1.82) is 0 Å². The van der Waals surface area contributed by atoms with Crippen molar-refractivity contribution >= 4 is 0 Å². The fourth-order valence-electron chi connectivity index (χ4n) is 0.625.